The van der Waals surface area contributed by atoms with E-state index in [1.54, 1.807) is 6.26 Å². The standard InChI is InChI=1S/C12H15NO2/c1-3-15-9-8-11-6-4-5-7-12(11)13-10(2)14/h4-9H,3H2,1-2H3,(H,13,14)/b9-8+. The Morgan fingerprint density at radius 1 is 1.47 bits per heavy atom. The summed E-state index contributed by atoms with van der Waals surface area (Å²) in [7, 11) is 0. The monoisotopic (exact) mass is 205 g/mol. The Hall–Kier alpha value is -1.77. The molecule has 0 bridgehead atoms. The lowest BCUT2D eigenvalue weighted by atomic mass is 10.2. The normalized spacial score (nSPS) is 10.3. The number of ether oxygens (including phenoxy) is 1. The number of carbonyl (C=O) groups is 1. The molecule has 0 aliphatic carbocycles. The third-order valence-corrected chi connectivity index (χ3v) is 1.78. The van der Waals surface area contributed by atoms with Crippen LogP contribution >= 0.6 is 0 Å². The zero-order valence-electron chi connectivity index (χ0n) is 8.99. The Morgan fingerprint density at radius 3 is 2.87 bits per heavy atom. The van der Waals surface area contributed by atoms with Crippen LogP contribution in [-0.4, -0.2) is 12.5 Å². The summed E-state index contributed by atoms with van der Waals surface area (Å²) in [4.78, 5) is 10.9. The third kappa shape index (κ3) is 3.85. The number of anilines is 1. The lowest BCUT2D eigenvalue weighted by Crippen LogP contribution is -2.06. The Kier molecular flexibility index (Phi) is 4.41. The van der Waals surface area contributed by atoms with E-state index in [1.807, 2.05) is 37.3 Å². The number of nitrogens with one attached hydrogen (secondary N) is 1. The first kappa shape index (κ1) is 11.3. The predicted octanol–water partition coefficient (Wildman–Crippen LogP) is 2.65. The Morgan fingerprint density at radius 2 is 2.20 bits per heavy atom. The molecule has 0 radical (unpaired) electrons. The van der Waals surface area contributed by atoms with E-state index in [9.17, 15) is 4.79 Å². The molecule has 0 aliphatic rings. The molecular formula is C12H15NO2. The third-order valence-electron chi connectivity index (χ3n) is 1.78. The summed E-state index contributed by atoms with van der Waals surface area (Å²) in [6.45, 7) is 4.05. The Balaban J connectivity index is 2.81. The van der Waals surface area contributed by atoms with Crippen molar-refractivity contribution in [3.63, 3.8) is 0 Å². The van der Waals surface area contributed by atoms with E-state index >= 15 is 0 Å². The van der Waals surface area contributed by atoms with E-state index in [4.69, 9.17) is 4.74 Å². The van der Waals surface area contributed by atoms with Gasteiger partial charge >= 0.3 is 0 Å². The molecule has 3 heteroatoms. The van der Waals surface area contributed by atoms with Crippen molar-refractivity contribution in [1.82, 2.24) is 0 Å². The van der Waals surface area contributed by atoms with Crippen LogP contribution in [0.1, 0.15) is 19.4 Å². The van der Waals surface area contributed by atoms with Crippen molar-refractivity contribution in [3.05, 3.63) is 36.1 Å². The van der Waals surface area contributed by atoms with Gasteiger partial charge in [-0.1, -0.05) is 18.2 Å². The molecule has 3 nitrogen and oxygen atoms in total. The van der Waals surface area contributed by atoms with Crippen molar-refractivity contribution in [2.75, 3.05) is 11.9 Å². The van der Waals surface area contributed by atoms with Gasteiger partial charge in [-0.15, -0.1) is 0 Å². The van der Waals surface area contributed by atoms with Crippen LogP contribution in [0.15, 0.2) is 30.5 Å². The van der Waals surface area contributed by atoms with Gasteiger partial charge in [0.2, 0.25) is 5.91 Å². The molecule has 1 rings (SSSR count). The van der Waals surface area contributed by atoms with Crippen LogP contribution < -0.4 is 5.32 Å². The van der Waals surface area contributed by atoms with Gasteiger partial charge in [0.15, 0.2) is 0 Å². The number of carbonyl (C=O) groups excluding carboxylic acids is 1. The maximum Gasteiger partial charge on any atom is 0.221 e. The van der Waals surface area contributed by atoms with Crippen LogP contribution in [-0.2, 0) is 9.53 Å². The highest BCUT2D eigenvalue weighted by Crippen LogP contribution is 2.16. The second-order valence-electron chi connectivity index (χ2n) is 3.03. The van der Waals surface area contributed by atoms with E-state index in [0.29, 0.717) is 6.61 Å². The van der Waals surface area contributed by atoms with Crippen LogP contribution in [0, 0.1) is 0 Å². The molecule has 80 valence electrons. The van der Waals surface area contributed by atoms with E-state index in [0.717, 1.165) is 11.3 Å². The average molecular weight is 205 g/mol. The molecule has 0 heterocycles. The minimum absolute atomic E-state index is 0.0766. The molecule has 1 aromatic carbocycles. The van der Waals surface area contributed by atoms with Gasteiger partial charge in [-0.2, -0.15) is 0 Å². The van der Waals surface area contributed by atoms with Crippen molar-refractivity contribution < 1.29 is 9.53 Å². The predicted molar refractivity (Wildman–Crippen MR) is 61.4 cm³/mol. The van der Waals surface area contributed by atoms with Crippen molar-refractivity contribution in [1.29, 1.82) is 0 Å². The first-order valence-electron chi connectivity index (χ1n) is 4.88. The number of benzene rings is 1. The van der Waals surface area contributed by atoms with Crippen LogP contribution in [0.3, 0.4) is 0 Å². The van der Waals surface area contributed by atoms with Gasteiger partial charge in [-0.05, 0) is 19.1 Å². The fourth-order valence-electron chi connectivity index (χ4n) is 1.16. The van der Waals surface area contributed by atoms with Crippen molar-refractivity contribution in [3.8, 4) is 0 Å². The molecule has 0 saturated carbocycles. The fraction of sp³-hybridized carbons (Fsp3) is 0.250. The minimum Gasteiger partial charge on any atom is -0.501 e. The summed E-state index contributed by atoms with van der Waals surface area (Å²) < 4.78 is 5.10. The van der Waals surface area contributed by atoms with Crippen molar-refractivity contribution in [2.24, 2.45) is 0 Å². The summed E-state index contributed by atoms with van der Waals surface area (Å²) in [5.74, 6) is -0.0766. The van der Waals surface area contributed by atoms with Crippen LogP contribution in [0.4, 0.5) is 5.69 Å². The molecule has 0 fully saturated rings. The molecule has 0 spiro atoms. The van der Waals surface area contributed by atoms with Gasteiger partial charge in [0, 0.05) is 18.2 Å². The lowest BCUT2D eigenvalue weighted by Gasteiger charge is -2.05. The molecular weight excluding hydrogens is 190 g/mol. The summed E-state index contributed by atoms with van der Waals surface area (Å²) in [5.41, 5.74) is 1.72. The van der Waals surface area contributed by atoms with Crippen molar-refractivity contribution >= 4 is 17.7 Å². The summed E-state index contributed by atoms with van der Waals surface area (Å²) in [5, 5.41) is 2.75. The minimum atomic E-state index is -0.0766. The van der Waals surface area contributed by atoms with Gasteiger partial charge in [-0.25, -0.2) is 0 Å². The van der Waals surface area contributed by atoms with E-state index in [-0.39, 0.29) is 5.91 Å². The highest BCUT2D eigenvalue weighted by Gasteiger charge is 1.99. The zero-order chi connectivity index (χ0) is 11.1. The molecule has 0 aromatic heterocycles. The lowest BCUT2D eigenvalue weighted by molar-refractivity contribution is -0.114. The van der Waals surface area contributed by atoms with Gasteiger partial charge < -0.3 is 10.1 Å². The van der Waals surface area contributed by atoms with Crippen LogP contribution in [0.5, 0.6) is 0 Å². The maximum absolute atomic E-state index is 10.9. The van der Waals surface area contributed by atoms with Crippen LogP contribution in [0.25, 0.3) is 6.08 Å². The molecule has 1 aromatic rings. The smallest absolute Gasteiger partial charge is 0.221 e. The van der Waals surface area contributed by atoms with E-state index in [2.05, 4.69) is 5.32 Å². The molecule has 0 aliphatic heterocycles. The number of rotatable bonds is 4. The van der Waals surface area contributed by atoms with Crippen molar-refractivity contribution in [2.45, 2.75) is 13.8 Å². The first-order valence-corrected chi connectivity index (χ1v) is 4.88. The SMILES string of the molecule is CCO/C=C/c1ccccc1NC(C)=O. The van der Waals surface area contributed by atoms with Crippen LogP contribution in [0.2, 0.25) is 0 Å². The van der Waals surface area contributed by atoms with E-state index in [1.165, 1.54) is 6.92 Å². The Bertz CT molecular complexity index is 358. The summed E-state index contributed by atoms with van der Waals surface area (Å²) >= 11 is 0. The number of hydrogen-bond donors (Lipinski definition) is 1. The number of hydrogen-bond acceptors (Lipinski definition) is 2. The molecule has 0 unspecified atom stereocenters. The second-order valence-corrected chi connectivity index (χ2v) is 3.03. The topological polar surface area (TPSA) is 38.3 Å². The van der Waals surface area contributed by atoms with Gasteiger partial charge in [0.05, 0.1) is 12.9 Å². The zero-order valence-corrected chi connectivity index (χ0v) is 8.99. The number of amides is 1. The molecule has 1 amide bonds. The van der Waals surface area contributed by atoms with Gasteiger partial charge in [-0.3, -0.25) is 4.79 Å². The maximum atomic E-state index is 10.9. The van der Waals surface area contributed by atoms with Gasteiger partial charge in [0.25, 0.3) is 0 Å². The second kappa shape index (κ2) is 5.86. The number of para-hydroxylation sites is 1. The molecule has 0 saturated heterocycles. The Labute approximate surface area is 89.8 Å². The molecule has 1 N–H and O–H groups in total. The summed E-state index contributed by atoms with van der Waals surface area (Å²) in [6, 6.07) is 7.56. The molecule has 0 atom stereocenters. The quantitative estimate of drug-likeness (QED) is 0.767. The summed E-state index contributed by atoms with van der Waals surface area (Å²) in [6.07, 6.45) is 3.45. The average Bonchev–Trinajstić information content (AvgIpc) is 2.20. The first-order chi connectivity index (χ1) is 7.24. The fourth-order valence-corrected chi connectivity index (χ4v) is 1.16. The largest absolute Gasteiger partial charge is 0.501 e. The molecule has 15 heavy (non-hydrogen) atoms. The highest BCUT2D eigenvalue weighted by atomic mass is 16.5. The highest BCUT2D eigenvalue weighted by molar-refractivity contribution is 5.91. The van der Waals surface area contributed by atoms with Gasteiger partial charge in [0.1, 0.15) is 0 Å². The van der Waals surface area contributed by atoms with E-state index < -0.39 is 0 Å².